The standard InChI is InChI=1S/C26H36N2O3/c1-3-25(23-9-6-5-7-10-23)26(29)28(16-8-15-27-17-19-30-20-18-27)21-22-11-13-24(14-12-22)31-4-2/h5-7,9-14,25H,3-4,8,15-21H2,1-2H3. The molecule has 0 aromatic heterocycles. The third kappa shape index (κ3) is 7.08. The van der Waals surface area contributed by atoms with E-state index in [1.54, 1.807) is 0 Å². The van der Waals surface area contributed by atoms with Gasteiger partial charge in [-0.3, -0.25) is 9.69 Å². The highest BCUT2D eigenvalue weighted by Crippen LogP contribution is 2.24. The Bertz CT molecular complexity index is 773. The molecule has 0 spiro atoms. The summed E-state index contributed by atoms with van der Waals surface area (Å²) >= 11 is 0. The highest BCUT2D eigenvalue weighted by atomic mass is 16.5. The summed E-state index contributed by atoms with van der Waals surface area (Å²) in [5.41, 5.74) is 2.23. The third-order valence-electron chi connectivity index (χ3n) is 5.83. The molecule has 0 N–H and O–H groups in total. The zero-order chi connectivity index (χ0) is 21.9. The van der Waals surface area contributed by atoms with Gasteiger partial charge in [-0.05, 0) is 43.0 Å². The number of benzene rings is 2. The number of hydrogen-bond donors (Lipinski definition) is 0. The van der Waals surface area contributed by atoms with Crippen molar-refractivity contribution in [2.45, 2.75) is 39.2 Å². The number of amides is 1. The molecule has 2 aromatic carbocycles. The lowest BCUT2D eigenvalue weighted by molar-refractivity contribution is -0.133. The second kappa shape index (κ2) is 12.5. The van der Waals surface area contributed by atoms with Gasteiger partial charge in [-0.2, -0.15) is 0 Å². The SMILES string of the molecule is CCOc1ccc(CN(CCCN2CCOCC2)C(=O)C(CC)c2ccccc2)cc1. The Morgan fingerprint density at radius 2 is 1.77 bits per heavy atom. The highest BCUT2D eigenvalue weighted by molar-refractivity contribution is 5.83. The van der Waals surface area contributed by atoms with E-state index in [0.717, 1.165) is 69.1 Å². The van der Waals surface area contributed by atoms with E-state index < -0.39 is 0 Å². The fraction of sp³-hybridized carbons (Fsp3) is 0.500. The predicted octanol–water partition coefficient (Wildman–Crippen LogP) is 4.33. The first kappa shape index (κ1) is 23.3. The molecule has 0 radical (unpaired) electrons. The van der Waals surface area contributed by atoms with Crippen LogP contribution in [0.3, 0.4) is 0 Å². The van der Waals surface area contributed by atoms with Gasteiger partial charge >= 0.3 is 0 Å². The van der Waals surface area contributed by atoms with E-state index in [1.807, 2.05) is 42.2 Å². The van der Waals surface area contributed by atoms with Gasteiger partial charge in [-0.15, -0.1) is 0 Å². The largest absolute Gasteiger partial charge is 0.494 e. The lowest BCUT2D eigenvalue weighted by atomic mass is 9.94. The highest BCUT2D eigenvalue weighted by Gasteiger charge is 2.24. The number of morpholine rings is 1. The monoisotopic (exact) mass is 424 g/mol. The van der Waals surface area contributed by atoms with E-state index in [1.165, 1.54) is 0 Å². The van der Waals surface area contributed by atoms with Crippen LogP contribution in [0.2, 0.25) is 0 Å². The van der Waals surface area contributed by atoms with Crippen molar-refractivity contribution in [2.24, 2.45) is 0 Å². The van der Waals surface area contributed by atoms with Gasteiger partial charge in [0.2, 0.25) is 5.91 Å². The van der Waals surface area contributed by atoms with Crippen molar-refractivity contribution < 1.29 is 14.3 Å². The minimum Gasteiger partial charge on any atom is -0.494 e. The number of carbonyl (C=O) groups excluding carboxylic acids is 1. The molecule has 0 saturated carbocycles. The third-order valence-corrected chi connectivity index (χ3v) is 5.83. The smallest absolute Gasteiger partial charge is 0.230 e. The summed E-state index contributed by atoms with van der Waals surface area (Å²) < 4.78 is 11.0. The van der Waals surface area contributed by atoms with Gasteiger partial charge in [0.25, 0.3) is 0 Å². The average molecular weight is 425 g/mol. The van der Waals surface area contributed by atoms with E-state index in [2.05, 4.69) is 36.1 Å². The molecule has 1 saturated heterocycles. The van der Waals surface area contributed by atoms with Gasteiger partial charge in [0.05, 0.1) is 25.7 Å². The molecule has 0 bridgehead atoms. The van der Waals surface area contributed by atoms with Gasteiger partial charge in [-0.1, -0.05) is 49.4 Å². The van der Waals surface area contributed by atoms with Gasteiger partial charge in [0.15, 0.2) is 0 Å². The molecule has 5 heteroatoms. The van der Waals surface area contributed by atoms with Crippen LogP contribution in [0.4, 0.5) is 0 Å². The first-order chi connectivity index (χ1) is 15.2. The normalized spacial score (nSPS) is 15.4. The molecule has 1 atom stereocenters. The maximum Gasteiger partial charge on any atom is 0.230 e. The summed E-state index contributed by atoms with van der Waals surface area (Å²) in [6, 6.07) is 18.3. The van der Waals surface area contributed by atoms with Crippen LogP contribution < -0.4 is 4.74 Å². The van der Waals surface area contributed by atoms with Crippen LogP contribution in [0.15, 0.2) is 54.6 Å². The molecule has 5 nitrogen and oxygen atoms in total. The maximum absolute atomic E-state index is 13.6. The fourth-order valence-electron chi connectivity index (χ4n) is 4.11. The van der Waals surface area contributed by atoms with Crippen molar-refractivity contribution in [3.05, 3.63) is 65.7 Å². The van der Waals surface area contributed by atoms with E-state index >= 15 is 0 Å². The zero-order valence-corrected chi connectivity index (χ0v) is 19.0. The van der Waals surface area contributed by atoms with Crippen LogP contribution in [0.25, 0.3) is 0 Å². The summed E-state index contributed by atoms with van der Waals surface area (Å²) in [5, 5.41) is 0. The van der Waals surface area contributed by atoms with Crippen molar-refractivity contribution in [1.82, 2.24) is 9.80 Å². The van der Waals surface area contributed by atoms with Gasteiger partial charge < -0.3 is 14.4 Å². The van der Waals surface area contributed by atoms with Crippen LogP contribution in [0.5, 0.6) is 5.75 Å². The van der Waals surface area contributed by atoms with E-state index in [-0.39, 0.29) is 11.8 Å². The predicted molar refractivity (Wildman–Crippen MR) is 124 cm³/mol. The minimum absolute atomic E-state index is 0.104. The molecule has 1 amide bonds. The van der Waals surface area contributed by atoms with Crippen molar-refractivity contribution >= 4 is 5.91 Å². The Balaban J connectivity index is 1.69. The van der Waals surface area contributed by atoms with Gasteiger partial charge in [0.1, 0.15) is 5.75 Å². The minimum atomic E-state index is -0.104. The van der Waals surface area contributed by atoms with Crippen molar-refractivity contribution in [2.75, 3.05) is 46.0 Å². The molecule has 168 valence electrons. The fourth-order valence-corrected chi connectivity index (χ4v) is 4.11. The molecular formula is C26H36N2O3. The van der Waals surface area contributed by atoms with Crippen molar-refractivity contribution in [3.63, 3.8) is 0 Å². The van der Waals surface area contributed by atoms with E-state index in [4.69, 9.17) is 9.47 Å². The Morgan fingerprint density at radius 3 is 2.42 bits per heavy atom. The molecule has 0 aliphatic carbocycles. The van der Waals surface area contributed by atoms with Crippen LogP contribution in [0, 0.1) is 0 Å². The lowest BCUT2D eigenvalue weighted by Crippen LogP contribution is -2.40. The number of hydrogen-bond acceptors (Lipinski definition) is 4. The van der Waals surface area contributed by atoms with Crippen molar-refractivity contribution in [3.8, 4) is 5.75 Å². The second-order valence-corrected chi connectivity index (χ2v) is 8.02. The molecule has 1 aliphatic rings. The Morgan fingerprint density at radius 1 is 1.06 bits per heavy atom. The number of nitrogens with zero attached hydrogens (tertiary/aromatic N) is 2. The van der Waals surface area contributed by atoms with Crippen LogP contribution in [0.1, 0.15) is 43.7 Å². The molecule has 1 heterocycles. The summed E-state index contributed by atoms with van der Waals surface area (Å²) in [6.07, 6.45) is 1.76. The molecule has 1 unspecified atom stereocenters. The summed E-state index contributed by atoms with van der Waals surface area (Å²) in [5.74, 6) is 0.976. The molecule has 2 aromatic rings. The Kier molecular flexibility index (Phi) is 9.38. The molecule has 1 aliphatic heterocycles. The summed E-state index contributed by atoms with van der Waals surface area (Å²) in [7, 11) is 0. The molecular weight excluding hydrogens is 388 g/mol. The van der Waals surface area contributed by atoms with Gasteiger partial charge in [-0.25, -0.2) is 0 Å². The Labute approximate surface area is 187 Å². The van der Waals surface area contributed by atoms with Crippen LogP contribution in [-0.2, 0) is 16.1 Å². The quantitative estimate of drug-likeness (QED) is 0.538. The van der Waals surface area contributed by atoms with E-state index in [0.29, 0.717) is 13.2 Å². The molecule has 3 rings (SSSR count). The summed E-state index contributed by atoms with van der Waals surface area (Å²) in [6.45, 7) is 10.7. The van der Waals surface area contributed by atoms with E-state index in [9.17, 15) is 4.79 Å². The van der Waals surface area contributed by atoms with Crippen LogP contribution in [-0.4, -0.2) is 61.7 Å². The first-order valence-corrected chi connectivity index (χ1v) is 11.6. The number of rotatable bonds is 11. The second-order valence-electron chi connectivity index (χ2n) is 8.02. The van der Waals surface area contributed by atoms with Gasteiger partial charge in [0, 0.05) is 32.7 Å². The summed E-state index contributed by atoms with van der Waals surface area (Å²) in [4.78, 5) is 18.1. The van der Waals surface area contributed by atoms with Crippen LogP contribution >= 0.6 is 0 Å². The maximum atomic E-state index is 13.6. The number of ether oxygens (including phenoxy) is 2. The number of carbonyl (C=O) groups is 1. The topological polar surface area (TPSA) is 42.0 Å². The zero-order valence-electron chi connectivity index (χ0n) is 19.0. The first-order valence-electron chi connectivity index (χ1n) is 11.6. The molecule has 1 fully saturated rings. The lowest BCUT2D eigenvalue weighted by Gasteiger charge is -2.30. The molecule has 31 heavy (non-hydrogen) atoms. The van der Waals surface area contributed by atoms with Crippen molar-refractivity contribution in [1.29, 1.82) is 0 Å². The Hall–Kier alpha value is -2.37. The average Bonchev–Trinajstić information content (AvgIpc) is 2.81.